The van der Waals surface area contributed by atoms with E-state index in [4.69, 9.17) is 19.3 Å². The van der Waals surface area contributed by atoms with Crippen molar-refractivity contribution in [2.24, 2.45) is 0 Å². The molecule has 0 saturated heterocycles. The van der Waals surface area contributed by atoms with Gasteiger partial charge in [0.15, 0.2) is 11.5 Å². The van der Waals surface area contributed by atoms with Crippen LogP contribution in [0.25, 0.3) is 0 Å². The van der Waals surface area contributed by atoms with E-state index in [2.05, 4.69) is 0 Å². The van der Waals surface area contributed by atoms with Gasteiger partial charge in [0.05, 0.1) is 27.2 Å². The third kappa shape index (κ3) is 3.10. The van der Waals surface area contributed by atoms with Gasteiger partial charge in [-0.2, -0.15) is 0 Å². The molecule has 17 heavy (non-hydrogen) atoms. The summed E-state index contributed by atoms with van der Waals surface area (Å²) in [7, 11) is 4.59. The summed E-state index contributed by atoms with van der Waals surface area (Å²) in [6, 6.07) is 3.40. The number of carboxylic acid groups (broad SMARTS) is 1. The zero-order valence-corrected chi connectivity index (χ0v) is 10.1. The van der Waals surface area contributed by atoms with Crippen LogP contribution in [0, 0.1) is 0 Å². The van der Waals surface area contributed by atoms with Crippen molar-refractivity contribution in [2.45, 2.75) is 13.0 Å². The zero-order valence-electron chi connectivity index (χ0n) is 10.1. The standard InChI is InChI=1S/C12H16O5/c1-15-7-9-8(6-11(13)14)4-5-10(16-2)12(9)17-3/h4-5H,6-7H2,1-3H3,(H,13,14). The van der Waals surface area contributed by atoms with Gasteiger partial charge in [-0.05, 0) is 11.6 Å². The second-order valence-electron chi connectivity index (χ2n) is 3.44. The highest BCUT2D eigenvalue weighted by Crippen LogP contribution is 2.34. The lowest BCUT2D eigenvalue weighted by molar-refractivity contribution is -0.136. The van der Waals surface area contributed by atoms with Crippen LogP contribution in [-0.4, -0.2) is 32.4 Å². The van der Waals surface area contributed by atoms with Crippen molar-refractivity contribution in [3.05, 3.63) is 23.3 Å². The third-order valence-corrected chi connectivity index (χ3v) is 2.38. The molecule has 0 spiro atoms. The first-order valence-electron chi connectivity index (χ1n) is 5.07. The molecule has 5 nitrogen and oxygen atoms in total. The summed E-state index contributed by atoms with van der Waals surface area (Å²) in [5, 5.41) is 8.84. The first-order chi connectivity index (χ1) is 8.13. The molecule has 0 aromatic heterocycles. The molecular formula is C12H16O5. The molecule has 0 saturated carbocycles. The monoisotopic (exact) mass is 240 g/mol. The Hall–Kier alpha value is -1.75. The maximum atomic E-state index is 10.8. The van der Waals surface area contributed by atoms with Crippen LogP contribution in [0.15, 0.2) is 12.1 Å². The largest absolute Gasteiger partial charge is 0.493 e. The van der Waals surface area contributed by atoms with Crippen LogP contribution < -0.4 is 9.47 Å². The molecule has 1 aromatic rings. The van der Waals surface area contributed by atoms with E-state index in [1.54, 1.807) is 19.2 Å². The highest BCUT2D eigenvalue weighted by molar-refractivity contribution is 5.71. The lowest BCUT2D eigenvalue weighted by atomic mass is 10.0. The summed E-state index contributed by atoms with van der Waals surface area (Å²) < 4.78 is 15.5. The predicted molar refractivity (Wildman–Crippen MR) is 61.6 cm³/mol. The highest BCUT2D eigenvalue weighted by atomic mass is 16.5. The van der Waals surface area contributed by atoms with Crippen molar-refractivity contribution in [1.82, 2.24) is 0 Å². The normalized spacial score (nSPS) is 10.1. The Labute approximate surface area is 99.9 Å². The average molecular weight is 240 g/mol. The molecule has 0 bridgehead atoms. The predicted octanol–water partition coefficient (Wildman–Crippen LogP) is 1.48. The van der Waals surface area contributed by atoms with Gasteiger partial charge in [0.1, 0.15) is 0 Å². The van der Waals surface area contributed by atoms with Crippen LogP contribution in [0.5, 0.6) is 11.5 Å². The van der Waals surface area contributed by atoms with E-state index < -0.39 is 5.97 Å². The number of rotatable bonds is 6. The number of carbonyl (C=O) groups is 1. The molecule has 5 heteroatoms. The van der Waals surface area contributed by atoms with Crippen molar-refractivity contribution in [2.75, 3.05) is 21.3 Å². The van der Waals surface area contributed by atoms with E-state index in [-0.39, 0.29) is 13.0 Å². The Morgan fingerprint density at radius 3 is 2.41 bits per heavy atom. The van der Waals surface area contributed by atoms with E-state index in [1.165, 1.54) is 14.2 Å². The van der Waals surface area contributed by atoms with Crippen LogP contribution in [0.2, 0.25) is 0 Å². The van der Waals surface area contributed by atoms with Gasteiger partial charge in [-0.15, -0.1) is 0 Å². The first-order valence-corrected chi connectivity index (χ1v) is 5.07. The molecule has 0 aliphatic carbocycles. The molecular weight excluding hydrogens is 224 g/mol. The summed E-state index contributed by atoms with van der Waals surface area (Å²) in [6.07, 6.45) is -0.0704. The second-order valence-corrected chi connectivity index (χ2v) is 3.44. The fourth-order valence-electron chi connectivity index (χ4n) is 1.66. The first kappa shape index (κ1) is 13.3. The van der Waals surface area contributed by atoms with E-state index in [0.29, 0.717) is 22.6 Å². The number of ether oxygens (including phenoxy) is 3. The van der Waals surface area contributed by atoms with E-state index >= 15 is 0 Å². The van der Waals surface area contributed by atoms with Gasteiger partial charge in [-0.1, -0.05) is 6.07 Å². The summed E-state index contributed by atoms with van der Waals surface area (Å²) >= 11 is 0. The van der Waals surface area contributed by atoms with Gasteiger partial charge in [0.25, 0.3) is 0 Å². The molecule has 0 heterocycles. The van der Waals surface area contributed by atoms with E-state index in [0.717, 1.165) is 0 Å². The lowest BCUT2D eigenvalue weighted by Gasteiger charge is -2.15. The van der Waals surface area contributed by atoms with Crippen molar-refractivity contribution in [1.29, 1.82) is 0 Å². The minimum absolute atomic E-state index is 0.0704. The summed E-state index contributed by atoms with van der Waals surface area (Å²) in [6.45, 7) is 0.281. The Kier molecular flexibility index (Phi) is 4.78. The van der Waals surface area contributed by atoms with Gasteiger partial charge in [0, 0.05) is 12.7 Å². The third-order valence-electron chi connectivity index (χ3n) is 2.38. The minimum Gasteiger partial charge on any atom is -0.493 e. The number of aliphatic carboxylic acids is 1. The summed E-state index contributed by atoms with van der Waals surface area (Å²) in [5.74, 6) is 0.191. The number of carboxylic acids is 1. The van der Waals surface area contributed by atoms with Gasteiger partial charge < -0.3 is 19.3 Å². The molecule has 0 unspecified atom stereocenters. The summed E-state index contributed by atoms with van der Waals surface area (Å²) in [4.78, 5) is 10.8. The maximum absolute atomic E-state index is 10.8. The molecule has 0 aliphatic heterocycles. The van der Waals surface area contributed by atoms with Crippen LogP contribution in [0.1, 0.15) is 11.1 Å². The highest BCUT2D eigenvalue weighted by Gasteiger charge is 2.16. The van der Waals surface area contributed by atoms with Crippen LogP contribution in [0.4, 0.5) is 0 Å². The Morgan fingerprint density at radius 2 is 1.94 bits per heavy atom. The Balaban J connectivity index is 3.25. The lowest BCUT2D eigenvalue weighted by Crippen LogP contribution is -2.07. The van der Waals surface area contributed by atoms with Crippen molar-refractivity contribution < 1.29 is 24.1 Å². The fraction of sp³-hybridized carbons (Fsp3) is 0.417. The molecule has 1 N–H and O–H groups in total. The van der Waals surface area contributed by atoms with Crippen molar-refractivity contribution in [3.8, 4) is 11.5 Å². The van der Waals surface area contributed by atoms with Gasteiger partial charge in [-0.25, -0.2) is 0 Å². The van der Waals surface area contributed by atoms with Crippen molar-refractivity contribution >= 4 is 5.97 Å². The molecule has 0 radical (unpaired) electrons. The van der Waals surface area contributed by atoms with Gasteiger partial charge in [-0.3, -0.25) is 4.79 Å². The number of methoxy groups -OCH3 is 3. The van der Waals surface area contributed by atoms with E-state index in [1.807, 2.05) is 0 Å². The molecule has 0 fully saturated rings. The Bertz CT molecular complexity index is 400. The van der Waals surface area contributed by atoms with Crippen LogP contribution >= 0.6 is 0 Å². The molecule has 94 valence electrons. The molecule has 1 rings (SSSR count). The number of benzene rings is 1. The summed E-state index contributed by atoms with van der Waals surface area (Å²) in [5.41, 5.74) is 1.37. The number of hydrogen-bond acceptors (Lipinski definition) is 4. The fourth-order valence-corrected chi connectivity index (χ4v) is 1.66. The van der Waals surface area contributed by atoms with E-state index in [9.17, 15) is 4.79 Å². The second kappa shape index (κ2) is 6.10. The van der Waals surface area contributed by atoms with Crippen LogP contribution in [-0.2, 0) is 22.6 Å². The molecule has 1 aromatic carbocycles. The van der Waals surface area contributed by atoms with Crippen molar-refractivity contribution in [3.63, 3.8) is 0 Å². The van der Waals surface area contributed by atoms with Crippen LogP contribution in [0.3, 0.4) is 0 Å². The topological polar surface area (TPSA) is 65.0 Å². The maximum Gasteiger partial charge on any atom is 0.307 e. The van der Waals surface area contributed by atoms with Gasteiger partial charge >= 0.3 is 5.97 Å². The minimum atomic E-state index is -0.894. The Morgan fingerprint density at radius 1 is 1.24 bits per heavy atom. The van der Waals surface area contributed by atoms with Gasteiger partial charge in [0.2, 0.25) is 0 Å². The molecule has 0 amide bonds. The SMILES string of the molecule is COCc1c(CC(=O)O)ccc(OC)c1OC. The smallest absolute Gasteiger partial charge is 0.307 e. The zero-order chi connectivity index (χ0) is 12.8. The molecule has 0 aliphatic rings. The molecule has 0 atom stereocenters. The quantitative estimate of drug-likeness (QED) is 0.815. The average Bonchev–Trinajstić information content (AvgIpc) is 2.30. The number of hydrogen-bond donors (Lipinski definition) is 1.